The number of allylic oxidation sites excluding steroid dienone is 1. The molecule has 4 heteroatoms. The summed E-state index contributed by atoms with van der Waals surface area (Å²) in [7, 11) is 0. The van der Waals surface area contributed by atoms with Gasteiger partial charge in [0.25, 0.3) is 0 Å². The lowest BCUT2D eigenvalue weighted by atomic mass is 10.1. The first kappa shape index (κ1) is 17.2. The van der Waals surface area contributed by atoms with Crippen molar-refractivity contribution in [2.45, 2.75) is 20.8 Å². The average Bonchev–Trinajstić information content (AvgIpc) is 3.11. The fraction of sp³-hybridized carbons (Fsp3) is 0.143. The largest absolute Gasteiger partial charge is 0.251 e. The molecule has 126 valence electrons. The van der Waals surface area contributed by atoms with E-state index in [0.717, 1.165) is 38.8 Å². The Morgan fingerprint density at radius 3 is 2.28 bits per heavy atom. The van der Waals surface area contributed by atoms with Gasteiger partial charge < -0.3 is 0 Å². The first-order valence-corrected chi connectivity index (χ1v) is 8.92. The number of benzene rings is 2. The summed E-state index contributed by atoms with van der Waals surface area (Å²) in [5.41, 5.74) is 5.84. The van der Waals surface area contributed by atoms with Crippen molar-refractivity contribution in [1.29, 1.82) is 0 Å². The molecule has 0 saturated carbocycles. The number of nitrogens with zero attached hydrogens (tertiary/aromatic N) is 2. The van der Waals surface area contributed by atoms with Gasteiger partial charge >= 0.3 is 0 Å². The number of halogens is 1. The molecule has 0 radical (unpaired) electrons. The lowest BCUT2D eigenvalue weighted by Crippen LogP contribution is -1.97. The van der Waals surface area contributed by atoms with Gasteiger partial charge in [0.15, 0.2) is 0 Å². The van der Waals surface area contributed by atoms with Crippen molar-refractivity contribution in [3.05, 3.63) is 82.6 Å². The van der Waals surface area contributed by atoms with Crippen LogP contribution in [0.15, 0.2) is 70.5 Å². The van der Waals surface area contributed by atoms with Crippen molar-refractivity contribution in [1.82, 2.24) is 4.98 Å². The maximum atomic E-state index is 13.1. The molecule has 1 heterocycles. The Bertz CT molecular complexity index is 918. The summed E-state index contributed by atoms with van der Waals surface area (Å²) in [6.45, 7) is 6.09. The van der Waals surface area contributed by atoms with Crippen LogP contribution in [0.25, 0.3) is 16.3 Å². The van der Waals surface area contributed by atoms with E-state index in [4.69, 9.17) is 4.99 Å². The van der Waals surface area contributed by atoms with Crippen LogP contribution in [0.3, 0.4) is 0 Å². The fourth-order valence-electron chi connectivity index (χ4n) is 2.45. The van der Waals surface area contributed by atoms with Crippen molar-refractivity contribution in [3.63, 3.8) is 0 Å². The third-order valence-electron chi connectivity index (χ3n) is 3.77. The molecule has 0 N–H and O–H groups in total. The van der Waals surface area contributed by atoms with E-state index in [2.05, 4.69) is 31.0 Å². The van der Waals surface area contributed by atoms with E-state index in [1.54, 1.807) is 12.1 Å². The number of thiazole rings is 1. The monoisotopic (exact) mass is 350 g/mol. The lowest BCUT2D eigenvalue weighted by Gasteiger charge is -2.06. The molecule has 0 atom stereocenters. The molecule has 0 aliphatic carbocycles. The van der Waals surface area contributed by atoms with E-state index < -0.39 is 0 Å². The summed E-state index contributed by atoms with van der Waals surface area (Å²) in [5.74, 6) is -0.241. The topological polar surface area (TPSA) is 25.2 Å². The highest BCUT2D eigenvalue weighted by Gasteiger charge is 2.09. The van der Waals surface area contributed by atoms with Crippen molar-refractivity contribution in [3.8, 4) is 10.6 Å². The summed E-state index contributed by atoms with van der Waals surface area (Å²) in [6, 6.07) is 16.5. The van der Waals surface area contributed by atoms with Gasteiger partial charge in [-0.2, -0.15) is 0 Å². The number of hydrogen-bond donors (Lipinski definition) is 0. The molecule has 0 unspecified atom stereocenters. The minimum atomic E-state index is -0.241. The summed E-state index contributed by atoms with van der Waals surface area (Å²) in [6.07, 6.45) is 0. The predicted molar refractivity (Wildman–Crippen MR) is 104 cm³/mol. The van der Waals surface area contributed by atoms with Gasteiger partial charge in [0.1, 0.15) is 10.8 Å². The third-order valence-corrected chi connectivity index (χ3v) is 4.66. The number of rotatable bonds is 4. The summed E-state index contributed by atoms with van der Waals surface area (Å²) >= 11 is 1.54. The van der Waals surface area contributed by atoms with Crippen LogP contribution in [0.1, 0.15) is 32.0 Å². The molecular formula is C21H19FN2S. The number of aliphatic imine (C=N–C) groups is 1. The zero-order valence-corrected chi connectivity index (χ0v) is 15.3. The molecular weight excluding hydrogens is 331 g/mol. The average molecular weight is 350 g/mol. The smallest absolute Gasteiger partial charge is 0.124 e. The maximum absolute atomic E-state index is 13.1. The van der Waals surface area contributed by atoms with Gasteiger partial charge in [0, 0.05) is 16.5 Å². The van der Waals surface area contributed by atoms with Gasteiger partial charge in [-0.1, -0.05) is 35.9 Å². The van der Waals surface area contributed by atoms with Crippen LogP contribution in [-0.4, -0.2) is 10.7 Å². The molecule has 0 saturated heterocycles. The Balaban J connectivity index is 1.92. The van der Waals surface area contributed by atoms with Gasteiger partial charge in [0.05, 0.1) is 17.1 Å². The Morgan fingerprint density at radius 1 is 0.960 bits per heavy atom. The molecule has 1 aromatic heterocycles. The van der Waals surface area contributed by atoms with Gasteiger partial charge in [-0.05, 0) is 45.0 Å². The van der Waals surface area contributed by atoms with Crippen LogP contribution < -0.4 is 0 Å². The molecule has 0 bridgehead atoms. The highest BCUT2D eigenvalue weighted by Crippen LogP contribution is 2.26. The highest BCUT2D eigenvalue weighted by atomic mass is 32.1. The highest BCUT2D eigenvalue weighted by molar-refractivity contribution is 7.13. The van der Waals surface area contributed by atoms with Crippen molar-refractivity contribution >= 4 is 22.7 Å². The van der Waals surface area contributed by atoms with Crippen molar-refractivity contribution in [2.24, 2.45) is 4.99 Å². The van der Waals surface area contributed by atoms with Crippen LogP contribution >= 0.6 is 11.3 Å². The van der Waals surface area contributed by atoms with Crippen LogP contribution in [0.2, 0.25) is 0 Å². The Labute approximate surface area is 151 Å². The van der Waals surface area contributed by atoms with E-state index in [1.807, 2.05) is 30.5 Å². The van der Waals surface area contributed by atoms with Crippen LogP contribution in [-0.2, 0) is 0 Å². The molecule has 2 aromatic carbocycles. The Hall–Kier alpha value is -2.59. The second-order valence-electron chi connectivity index (χ2n) is 5.96. The van der Waals surface area contributed by atoms with E-state index in [-0.39, 0.29) is 5.82 Å². The van der Waals surface area contributed by atoms with Crippen molar-refractivity contribution in [2.75, 3.05) is 0 Å². The van der Waals surface area contributed by atoms with Crippen molar-refractivity contribution < 1.29 is 4.39 Å². The molecule has 3 aromatic rings. The summed E-state index contributed by atoms with van der Waals surface area (Å²) in [5, 5.41) is 2.86. The minimum absolute atomic E-state index is 0.241. The first-order chi connectivity index (χ1) is 12.0. The summed E-state index contributed by atoms with van der Waals surface area (Å²) in [4.78, 5) is 9.48. The molecule has 0 aliphatic rings. The van der Waals surface area contributed by atoms with E-state index in [1.165, 1.54) is 23.5 Å². The first-order valence-electron chi connectivity index (χ1n) is 8.04. The standard InChI is InChI=1S/C21H19FN2S/c1-14(2)20(16-7-5-4-6-8-16)23-15(3)19-13-25-21(24-19)17-9-11-18(22)12-10-17/h4-13H,1-3H3/b23-15+. The van der Waals surface area contributed by atoms with Gasteiger partial charge in [0.2, 0.25) is 0 Å². The quantitative estimate of drug-likeness (QED) is 0.514. The normalized spacial score (nSPS) is 11.4. The number of aromatic nitrogens is 1. The second-order valence-corrected chi connectivity index (χ2v) is 6.81. The van der Waals surface area contributed by atoms with Gasteiger partial charge in [-0.25, -0.2) is 9.37 Å². The van der Waals surface area contributed by atoms with E-state index in [9.17, 15) is 4.39 Å². The summed E-state index contributed by atoms with van der Waals surface area (Å²) < 4.78 is 13.1. The van der Waals surface area contributed by atoms with Gasteiger partial charge in [-0.15, -0.1) is 11.3 Å². The maximum Gasteiger partial charge on any atom is 0.124 e. The molecule has 0 fully saturated rings. The zero-order valence-electron chi connectivity index (χ0n) is 14.5. The Morgan fingerprint density at radius 2 is 1.64 bits per heavy atom. The molecule has 3 rings (SSSR count). The molecule has 0 spiro atoms. The van der Waals surface area contributed by atoms with Gasteiger partial charge in [-0.3, -0.25) is 4.99 Å². The minimum Gasteiger partial charge on any atom is -0.251 e. The zero-order chi connectivity index (χ0) is 17.8. The lowest BCUT2D eigenvalue weighted by molar-refractivity contribution is 0.628. The van der Waals surface area contributed by atoms with Crippen LogP contribution in [0.4, 0.5) is 4.39 Å². The number of hydrogen-bond acceptors (Lipinski definition) is 3. The Kier molecular flexibility index (Phi) is 5.19. The second kappa shape index (κ2) is 7.53. The van der Waals surface area contributed by atoms with E-state index in [0.29, 0.717) is 0 Å². The molecule has 0 aliphatic heterocycles. The SMILES string of the molecule is CC(C)=C(/N=C(\C)c1csc(-c2ccc(F)cc2)n1)c1ccccc1. The molecule has 25 heavy (non-hydrogen) atoms. The van der Waals surface area contributed by atoms with Crippen LogP contribution in [0, 0.1) is 5.82 Å². The van der Waals surface area contributed by atoms with Crippen LogP contribution in [0.5, 0.6) is 0 Å². The third kappa shape index (κ3) is 4.09. The predicted octanol–water partition coefficient (Wildman–Crippen LogP) is 6.21. The molecule has 0 amide bonds. The fourth-order valence-corrected chi connectivity index (χ4v) is 3.32. The molecule has 2 nitrogen and oxygen atoms in total. The van der Waals surface area contributed by atoms with E-state index >= 15 is 0 Å².